The second kappa shape index (κ2) is 8.41. The number of nitrogens with one attached hydrogen (secondary N) is 1. The van der Waals surface area contributed by atoms with Gasteiger partial charge in [-0.15, -0.1) is 0 Å². The van der Waals surface area contributed by atoms with Gasteiger partial charge in [-0.05, 0) is 24.6 Å². The number of benzene rings is 2. The molecule has 0 unspecified atom stereocenters. The number of amides is 1. The zero-order valence-electron chi connectivity index (χ0n) is 14.7. The lowest BCUT2D eigenvalue weighted by atomic mass is 10.2. The van der Waals surface area contributed by atoms with Crippen LogP contribution in [0.4, 0.5) is 11.4 Å². The maximum absolute atomic E-state index is 12.1. The third-order valence-electron chi connectivity index (χ3n) is 3.46. The van der Waals surface area contributed by atoms with Crippen molar-refractivity contribution in [2.75, 3.05) is 17.1 Å². The molecule has 1 N–H and O–H groups in total. The molecule has 0 saturated heterocycles. The normalized spacial score (nSPS) is 11.3. The number of nitro benzene ring substituents is 1. The minimum Gasteiger partial charge on any atom is -0.271 e. The van der Waals surface area contributed by atoms with Crippen LogP contribution in [0, 0.1) is 17.0 Å². The third kappa shape index (κ3) is 5.89. The van der Waals surface area contributed by atoms with Gasteiger partial charge in [0, 0.05) is 17.7 Å². The SMILES string of the molecule is Cc1cccc(N(CC(=O)N/N=C\c2cccc([N+](=O)[O-])c2)S(C)(=O)=O)c1. The van der Waals surface area contributed by atoms with Crippen LogP contribution in [0.1, 0.15) is 11.1 Å². The number of hydrogen-bond donors (Lipinski definition) is 1. The van der Waals surface area contributed by atoms with Crippen LogP contribution in [-0.2, 0) is 14.8 Å². The Bertz CT molecular complexity index is 988. The van der Waals surface area contributed by atoms with E-state index in [-0.39, 0.29) is 5.69 Å². The number of sulfonamides is 1. The van der Waals surface area contributed by atoms with Crippen LogP contribution in [0.5, 0.6) is 0 Å². The topological polar surface area (TPSA) is 122 Å². The van der Waals surface area contributed by atoms with Crippen molar-refractivity contribution in [3.63, 3.8) is 0 Å². The summed E-state index contributed by atoms with van der Waals surface area (Å²) < 4.78 is 25.0. The quantitative estimate of drug-likeness (QED) is 0.439. The van der Waals surface area contributed by atoms with Gasteiger partial charge >= 0.3 is 0 Å². The molecule has 0 saturated carbocycles. The Hall–Kier alpha value is -3.27. The fourth-order valence-electron chi connectivity index (χ4n) is 2.25. The predicted molar refractivity (Wildman–Crippen MR) is 102 cm³/mol. The lowest BCUT2D eigenvalue weighted by molar-refractivity contribution is -0.384. The summed E-state index contributed by atoms with van der Waals surface area (Å²) in [6.45, 7) is 1.36. The summed E-state index contributed by atoms with van der Waals surface area (Å²) in [4.78, 5) is 22.3. The van der Waals surface area contributed by atoms with Crippen molar-refractivity contribution in [3.8, 4) is 0 Å². The van der Waals surface area contributed by atoms with Crippen LogP contribution in [0.25, 0.3) is 0 Å². The van der Waals surface area contributed by atoms with Crippen molar-refractivity contribution < 1.29 is 18.1 Å². The Morgan fingerprint density at radius 1 is 1.26 bits per heavy atom. The molecule has 2 aromatic carbocycles. The molecule has 0 aromatic heterocycles. The Balaban J connectivity index is 2.08. The van der Waals surface area contributed by atoms with E-state index in [1.807, 2.05) is 13.0 Å². The van der Waals surface area contributed by atoms with Gasteiger partial charge in [0.1, 0.15) is 6.54 Å². The van der Waals surface area contributed by atoms with Crippen molar-refractivity contribution >= 4 is 33.5 Å². The van der Waals surface area contributed by atoms with Gasteiger partial charge in [0.25, 0.3) is 11.6 Å². The average molecular weight is 390 g/mol. The Morgan fingerprint density at radius 2 is 1.96 bits per heavy atom. The number of carbonyl (C=O) groups is 1. The zero-order chi connectivity index (χ0) is 20.0. The molecule has 0 atom stereocenters. The smallest absolute Gasteiger partial charge is 0.270 e. The van der Waals surface area contributed by atoms with Gasteiger partial charge in [0.15, 0.2) is 0 Å². The van der Waals surface area contributed by atoms with Crippen molar-refractivity contribution in [1.82, 2.24) is 5.43 Å². The molecule has 27 heavy (non-hydrogen) atoms. The largest absolute Gasteiger partial charge is 0.271 e. The fraction of sp³-hybridized carbons (Fsp3) is 0.176. The average Bonchev–Trinajstić information content (AvgIpc) is 2.59. The summed E-state index contributed by atoms with van der Waals surface area (Å²) in [6.07, 6.45) is 2.25. The van der Waals surface area contributed by atoms with Gasteiger partial charge in [-0.2, -0.15) is 5.10 Å². The van der Waals surface area contributed by atoms with Crippen molar-refractivity contribution in [1.29, 1.82) is 0 Å². The van der Waals surface area contributed by atoms with Crippen LogP contribution in [0.3, 0.4) is 0 Å². The van der Waals surface area contributed by atoms with Crippen LogP contribution in [-0.4, -0.2) is 38.3 Å². The van der Waals surface area contributed by atoms with E-state index >= 15 is 0 Å². The highest BCUT2D eigenvalue weighted by atomic mass is 32.2. The molecule has 0 fully saturated rings. The highest BCUT2D eigenvalue weighted by molar-refractivity contribution is 7.92. The van der Waals surface area contributed by atoms with Crippen LogP contribution in [0.2, 0.25) is 0 Å². The monoisotopic (exact) mass is 390 g/mol. The number of anilines is 1. The molecule has 0 aliphatic rings. The summed E-state index contributed by atoms with van der Waals surface area (Å²) in [5.74, 6) is -0.649. The van der Waals surface area contributed by atoms with Crippen LogP contribution < -0.4 is 9.73 Å². The fourth-order valence-corrected chi connectivity index (χ4v) is 3.09. The maximum Gasteiger partial charge on any atom is 0.270 e. The second-order valence-electron chi connectivity index (χ2n) is 5.75. The molecule has 0 aliphatic heterocycles. The third-order valence-corrected chi connectivity index (χ3v) is 4.60. The number of hydrogen-bond acceptors (Lipinski definition) is 6. The maximum atomic E-state index is 12.1. The number of aryl methyl sites for hydroxylation is 1. The molecule has 2 rings (SSSR count). The first-order valence-electron chi connectivity index (χ1n) is 7.77. The van der Waals surface area contributed by atoms with Gasteiger partial charge in [-0.25, -0.2) is 13.8 Å². The molecule has 0 heterocycles. The number of non-ortho nitro benzene ring substituents is 1. The summed E-state index contributed by atoms with van der Waals surface area (Å²) in [5, 5.41) is 14.5. The zero-order valence-corrected chi connectivity index (χ0v) is 15.5. The van der Waals surface area contributed by atoms with Gasteiger partial charge in [-0.1, -0.05) is 24.3 Å². The number of hydrazone groups is 1. The van der Waals surface area contributed by atoms with Crippen LogP contribution in [0.15, 0.2) is 53.6 Å². The van der Waals surface area contributed by atoms with E-state index in [1.165, 1.54) is 24.4 Å². The predicted octanol–water partition coefficient (Wildman–Crippen LogP) is 1.82. The van der Waals surface area contributed by atoms with Crippen molar-refractivity contribution in [2.24, 2.45) is 5.10 Å². The molecular formula is C17H18N4O5S. The van der Waals surface area contributed by atoms with E-state index in [1.54, 1.807) is 24.3 Å². The Kier molecular flexibility index (Phi) is 6.24. The second-order valence-corrected chi connectivity index (χ2v) is 7.66. The molecule has 1 amide bonds. The summed E-state index contributed by atoms with van der Waals surface area (Å²) in [7, 11) is -3.68. The molecule has 0 radical (unpaired) electrons. The molecule has 0 bridgehead atoms. The van der Waals surface area contributed by atoms with E-state index in [4.69, 9.17) is 0 Å². The summed E-state index contributed by atoms with van der Waals surface area (Å²) >= 11 is 0. The van der Waals surface area contributed by atoms with E-state index in [0.29, 0.717) is 11.3 Å². The van der Waals surface area contributed by atoms with Gasteiger partial charge in [-0.3, -0.25) is 19.2 Å². The molecule has 142 valence electrons. The minimum atomic E-state index is -3.68. The first-order valence-corrected chi connectivity index (χ1v) is 9.62. The van der Waals surface area contributed by atoms with E-state index in [0.717, 1.165) is 16.1 Å². The minimum absolute atomic E-state index is 0.104. The standard InChI is InChI=1S/C17H18N4O5S/c1-13-5-3-7-15(9-13)20(27(2,25)26)12-17(22)19-18-11-14-6-4-8-16(10-14)21(23)24/h3-11H,12H2,1-2H3,(H,19,22)/b18-11-. The summed E-state index contributed by atoms with van der Waals surface area (Å²) in [6, 6.07) is 12.5. The number of nitrogens with zero attached hydrogens (tertiary/aromatic N) is 3. The van der Waals surface area contributed by atoms with Gasteiger partial charge < -0.3 is 0 Å². The lowest BCUT2D eigenvalue weighted by Crippen LogP contribution is -2.39. The summed E-state index contributed by atoms with van der Waals surface area (Å²) in [5.41, 5.74) is 3.76. The molecule has 10 heteroatoms. The number of rotatable bonds is 7. The van der Waals surface area contributed by atoms with E-state index < -0.39 is 27.4 Å². The molecular weight excluding hydrogens is 372 g/mol. The van der Waals surface area contributed by atoms with Crippen LogP contribution >= 0.6 is 0 Å². The molecule has 0 spiro atoms. The number of carbonyl (C=O) groups excluding carboxylic acids is 1. The Morgan fingerprint density at radius 3 is 2.59 bits per heavy atom. The lowest BCUT2D eigenvalue weighted by Gasteiger charge is -2.21. The molecule has 0 aliphatic carbocycles. The highest BCUT2D eigenvalue weighted by Crippen LogP contribution is 2.18. The van der Waals surface area contributed by atoms with Gasteiger partial charge in [0.2, 0.25) is 10.0 Å². The van der Waals surface area contributed by atoms with Crippen molar-refractivity contribution in [3.05, 3.63) is 69.8 Å². The number of nitro groups is 1. The first-order chi connectivity index (χ1) is 12.7. The van der Waals surface area contributed by atoms with Crippen molar-refractivity contribution in [2.45, 2.75) is 6.92 Å². The molecule has 2 aromatic rings. The van der Waals surface area contributed by atoms with E-state index in [2.05, 4.69) is 10.5 Å². The molecule has 9 nitrogen and oxygen atoms in total. The van der Waals surface area contributed by atoms with E-state index in [9.17, 15) is 23.3 Å². The van der Waals surface area contributed by atoms with Gasteiger partial charge in [0.05, 0.1) is 23.1 Å². The first kappa shape index (κ1) is 20.0. The highest BCUT2D eigenvalue weighted by Gasteiger charge is 2.20. The Labute approximate surface area is 156 Å².